The summed E-state index contributed by atoms with van der Waals surface area (Å²) in [5, 5.41) is 9.22. The number of benzene rings is 5. The molecule has 1 spiro atoms. The van der Waals surface area contributed by atoms with E-state index in [2.05, 4.69) is 126 Å². The molecule has 6 aromatic rings. The van der Waals surface area contributed by atoms with E-state index in [4.69, 9.17) is 0 Å². The van der Waals surface area contributed by atoms with E-state index in [0.717, 1.165) is 11.1 Å². The molecule has 39 heavy (non-hydrogen) atoms. The van der Waals surface area contributed by atoms with Crippen LogP contribution in [0, 0.1) is 11.3 Å². The second-order valence-corrected chi connectivity index (χ2v) is 10.3. The second kappa shape index (κ2) is 8.12. The molecule has 0 unspecified atom stereocenters. The van der Waals surface area contributed by atoms with Gasteiger partial charge in [0.25, 0.3) is 0 Å². The van der Waals surface area contributed by atoms with E-state index in [1.165, 1.54) is 55.6 Å². The van der Waals surface area contributed by atoms with Crippen molar-refractivity contribution < 1.29 is 0 Å². The Balaban J connectivity index is 1.30. The van der Waals surface area contributed by atoms with E-state index >= 15 is 0 Å². The fraction of sp³-hybridized carbons (Fsp3) is 0.0270. The average molecular weight is 495 g/mol. The van der Waals surface area contributed by atoms with Gasteiger partial charge in [0, 0.05) is 6.20 Å². The van der Waals surface area contributed by atoms with Gasteiger partial charge in [-0.3, -0.25) is 0 Å². The zero-order valence-corrected chi connectivity index (χ0v) is 21.1. The zero-order valence-electron chi connectivity index (χ0n) is 21.1. The normalized spacial score (nSPS) is 13.3. The van der Waals surface area contributed by atoms with Crippen LogP contribution in [-0.4, -0.2) is 4.98 Å². The summed E-state index contributed by atoms with van der Waals surface area (Å²) in [5.74, 6) is 0. The molecule has 0 aliphatic heterocycles. The predicted octanol–water partition coefficient (Wildman–Crippen LogP) is 8.63. The molecule has 0 radical (unpaired) electrons. The maximum Gasteiger partial charge on any atom is 0.141 e. The molecule has 2 nitrogen and oxygen atoms in total. The van der Waals surface area contributed by atoms with Crippen molar-refractivity contribution in [1.29, 1.82) is 5.26 Å². The standard InChI is InChI=1S/C37H22N2/c38-23-28-21-27(19-20-39-28)25-15-13-24(14-16-25)26-17-18-36-32(22-26)31-9-3-6-12-35(31)37(36)33-10-4-1-7-29(33)30-8-2-5-11-34(30)37/h1-22H. The lowest BCUT2D eigenvalue weighted by Gasteiger charge is -2.30. The van der Waals surface area contributed by atoms with E-state index in [-0.39, 0.29) is 5.41 Å². The summed E-state index contributed by atoms with van der Waals surface area (Å²) in [6, 6.07) is 48.2. The first-order chi connectivity index (χ1) is 19.3. The Labute approximate surface area is 227 Å². The van der Waals surface area contributed by atoms with Crippen LogP contribution < -0.4 is 0 Å². The number of hydrogen-bond acceptors (Lipinski definition) is 2. The number of fused-ring (bicyclic) bond motifs is 10. The van der Waals surface area contributed by atoms with Crippen molar-refractivity contribution in [3.05, 3.63) is 162 Å². The van der Waals surface area contributed by atoms with Gasteiger partial charge in [0.2, 0.25) is 0 Å². The van der Waals surface area contributed by atoms with Gasteiger partial charge in [-0.1, -0.05) is 109 Å². The molecule has 2 heteroatoms. The topological polar surface area (TPSA) is 36.7 Å². The van der Waals surface area contributed by atoms with Crippen molar-refractivity contribution >= 4 is 0 Å². The van der Waals surface area contributed by atoms with Crippen LogP contribution in [-0.2, 0) is 5.41 Å². The Hall–Kier alpha value is -5.26. The van der Waals surface area contributed by atoms with E-state index < -0.39 is 0 Å². The summed E-state index contributed by atoms with van der Waals surface area (Å²) >= 11 is 0. The highest BCUT2D eigenvalue weighted by Gasteiger charge is 2.51. The molecular weight excluding hydrogens is 472 g/mol. The molecule has 0 bridgehead atoms. The third-order valence-electron chi connectivity index (χ3n) is 8.42. The van der Waals surface area contributed by atoms with Crippen molar-refractivity contribution in [2.24, 2.45) is 0 Å². The van der Waals surface area contributed by atoms with Gasteiger partial charge in [-0.15, -0.1) is 0 Å². The lowest BCUT2D eigenvalue weighted by atomic mass is 9.70. The molecule has 0 amide bonds. The van der Waals surface area contributed by atoms with E-state index in [9.17, 15) is 5.26 Å². The van der Waals surface area contributed by atoms with Crippen LogP contribution in [0.5, 0.6) is 0 Å². The fourth-order valence-electron chi connectivity index (χ4n) is 6.81. The van der Waals surface area contributed by atoms with Gasteiger partial charge >= 0.3 is 0 Å². The van der Waals surface area contributed by atoms with E-state index in [0.29, 0.717) is 5.69 Å². The van der Waals surface area contributed by atoms with Crippen LogP contribution in [0.1, 0.15) is 27.9 Å². The van der Waals surface area contributed by atoms with Crippen LogP contribution in [0.2, 0.25) is 0 Å². The van der Waals surface area contributed by atoms with E-state index in [1.54, 1.807) is 6.20 Å². The molecule has 0 atom stereocenters. The number of rotatable bonds is 2. The lowest BCUT2D eigenvalue weighted by Crippen LogP contribution is -2.25. The smallest absolute Gasteiger partial charge is 0.141 e. The minimum absolute atomic E-state index is 0.304. The molecule has 1 aromatic heterocycles. The maximum absolute atomic E-state index is 9.22. The summed E-state index contributed by atoms with van der Waals surface area (Å²) in [6.45, 7) is 0. The molecule has 0 fully saturated rings. The van der Waals surface area contributed by atoms with Gasteiger partial charge in [-0.05, 0) is 85.0 Å². The maximum atomic E-state index is 9.22. The van der Waals surface area contributed by atoms with Crippen LogP contribution in [0.15, 0.2) is 134 Å². The van der Waals surface area contributed by atoms with Gasteiger partial charge in [-0.25, -0.2) is 4.98 Å². The monoisotopic (exact) mass is 494 g/mol. The number of aromatic nitrogens is 1. The van der Waals surface area contributed by atoms with Gasteiger partial charge < -0.3 is 0 Å². The number of nitrogens with zero attached hydrogens (tertiary/aromatic N) is 2. The van der Waals surface area contributed by atoms with Crippen LogP contribution in [0.3, 0.4) is 0 Å². The SMILES string of the molecule is N#Cc1cc(-c2ccc(-c3ccc4c(c3)-c3ccccc3C43c4ccccc4-c4ccccc43)cc2)ccn1. The number of nitriles is 1. The highest BCUT2D eigenvalue weighted by Crippen LogP contribution is 2.62. The average Bonchev–Trinajstić information content (AvgIpc) is 3.48. The molecule has 0 saturated carbocycles. The molecule has 2 aliphatic rings. The van der Waals surface area contributed by atoms with Gasteiger partial charge in [0.15, 0.2) is 0 Å². The molecule has 5 aromatic carbocycles. The molecule has 1 heterocycles. The molecule has 0 N–H and O–H groups in total. The summed E-state index contributed by atoms with van der Waals surface area (Å²) in [4.78, 5) is 4.10. The van der Waals surface area contributed by atoms with Crippen molar-refractivity contribution in [3.8, 4) is 50.6 Å². The van der Waals surface area contributed by atoms with Gasteiger partial charge in [-0.2, -0.15) is 5.26 Å². The highest BCUT2D eigenvalue weighted by atomic mass is 14.7. The predicted molar refractivity (Wildman–Crippen MR) is 156 cm³/mol. The minimum Gasteiger partial charge on any atom is -0.246 e. The van der Waals surface area contributed by atoms with Crippen LogP contribution >= 0.6 is 0 Å². The van der Waals surface area contributed by atoms with Crippen molar-refractivity contribution in [2.75, 3.05) is 0 Å². The van der Waals surface area contributed by atoms with Crippen LogP contribution in [0.25, 0.3) is 44.5 Å². The Kier molecular flexibility index (Phi) is 4.54. The van der Waals surface area contributed by atoms with Gasteiger partial charge in [0.05, 0.1) is 5.41 Å². The Morgan fingerprint density at radius 2 is 0.923 bits per heavy atom. The summed E-state index contributed by atoms with van der Waals surface area (Å²) in [5.41, 5.74) is 15.2. The quantitative estimate of drug-likeness (QED) is 0.241. The molecule has 2 aliphatic carbocycles. The molecule has 0 saturated heterocycles. The first-order valence-corrected chi connectivity index (χ1v) is 13.2. The van der Waals surface area contributed by atoms with Crippen molar-refractivity contribution in [1.82, 2.24) is 4.98 Å². The first kappa shape index (κ1) is 21.8. The van der Waals surface area contributed by atoms with Crippen LogP contribution in [0.4, 0.5) is 0 Å². The number of hydrogen-bond donors (Lipinski definition) is 0. The van der Waals surface area contributed by atoms with E-state index in [1.807, 2.05) is 12.1 Å². The Morgan fingerprint density at radius 3 is 1.49 bits per heavy atom. The first-order valence-electron chi connectivity index (χ1n) is 13.2. The third-order valence-corrected chi connectivity index (χ3v) is 8.42. The number of pyridine rings is 1. The largest absolute Gasteiger partial charge is 0.246 e. The van der Waals surface area contributed by atoms with Crippen molar-refractivity contribution in [2.45, 2.75) is 5.41 Å². The van der Waals surface area contributed by atoms with Crippen molar-refractivity contribution in [3.63, 3.8) is 0 Å². The zero-order chi connectivity index (χ0) is 26.0. The summed E-state index contributed by atoms with van der Waals surface area (Å²) in [7, 11) is 0. The minimum atomic E-state index is -0.304. The summed E-state index contributed by atoms with van der Waals surface area (Å²) < 4.78 is 0. The molecule has 180 valence electrons. The lowest BCUT2D eigenvalue weighted by molar-refractivity contribution is 0.794. The Morgan fingerprint density at radius 1 is 0.462 bits per heavy atom. The molecule has 8 rings (SSSR count). The highest BCUT2D eigenvalue weighted by molar-refractivity contribution is 5.96. The molecular formula is C37H22N2. The second-order valence-electron chi connectivity index (χ2n) is 10.3. The summed E-state index contributed by atoms with van der Waals surface area (Å²) in [6.07, 6.45) is 1.69. The Bertz CT molecular complexity index is 1930. The third kappa shape index (κ3) is 2.93. The van der Waals surface area contributed by atoms with Gasteiger partial charge in [0.1, 0.15) is 11.8 Å². The fourth-order valence-corrected chi connectivity index (χ4v) is 6.81.